The molecule has 3 rings (SSSR count). The maximum absolute atomic E-state index is 12.6. The van der Waals surface area contributed by atoms with Gasteiger partial charge in [0.05, 0.1) is 13.2 Å². The monoisotopic (exact) mass is 431 g/mol. The number of ether oxygens (including phenoxy) is 1. The smallest absolute Gasteiger partial charge is 0.271 e. The molecule has 0 aliphatic carbocycles. The first-order valence-electron chi connectivity index (χ1n) is 8.20. The molecule has 1 saturated heterocycles. The van der Waals surface area contributed by atoms with E-state index in [2.05, 4.69) is 9.62 Å². The Morgan fingerprint density at radius 1 is 1.15 bits per heavy atom. The van der Waals surface area contributed by atoms with Gasteiger partial charge in [0.25, 0.3) is 10.0 Å². The van der Waals surface area contributed by atoms with Crippen molar-refractivity contribution >= 4 is 37.1 Å². The second-order valence-electron chi connectivity index (χ2n) is 6.27. The van der Waals surface area contributed by atoms with E-state index in [0.717, 1.165) is 38.4 Å². The average Bonchev–Trinajstić information content (AvgIpc) is 3.01. The number of nitrogens with zero attached hydrogens (tertiary/aromatic N) is 1. The molecule has 2 aromatic rings. The van der Waals surface area contributed by atoms with E-state index in [0.29, 0.717) is 22.6 Å². The number of anilines is 1. The molecule has 1 aromatic carbocycles. The Bertz CT molecular complexity index is 1010. The third-order valence-corrected chi connectivity index (χ3v) is 8.76. The Hall–Kier alpha value is -1.50. The highest BCUT2D eigenvalue weighted by Crippen LogP contribution is 2.30. The van der Waals surface area contributed by atoms with E-state index in [9.17, 15) is 16.8 Å². The molecule has 148 valence electrons. The number of hydrogen-bond donors (Lipinski definition) is 2. The summed E-state index contributed by atoms with van der Waals surface area (Å²) in [7, 11) is -7.85. The number of aryl methyl sites for hydroxylation is 1. The first-order chi connectivity index (χ1) is 12.6. The van der Waals surface area contributed by atoms with Gasteiger partial charge in [0.2, 0.25) is 10.0 Å². The predicted octanol–water partition coefficient (Wildman–Crippen LogP) is 1.34. The third-order valence-electron chi connectivity index (χ3n) is 4.09. The number of benzene rings is 1. The van der Waals surface area contributed by atoms with E-state index in [1.54, 1.807) is 12.1 Å². The molecule has 0 radical (unpaired) electrons. The fourth-order valence-corrected chi connectivity index (χ4v) is 6.45. The molecule has 8 nitrogen and oxygen atoms in total. The summed E-state index contributed by atoms with van der Waals surface area (Å²) >= 11 is 0.637. The molecule has 2 heterocycles. The van der Waals surface area contributed by atoms with Crippen molar-refractivity contribution in [2.75, 3.05) is 31.0 Å². The number of nitrogens with one attached hydrogen (secondary N) is 1. The minimum atomic E-state index is -3.94. The number of rotatable bonds is 6. The summed E-state index contributed by atoms with van der Waals surface area (Å²) in [6.45, 7) is 5.50. The maximum atomic E-state index is 12.6. The van der Waals surface area contributed by atoms with Gasteiger partial charge >= 0.3 is 0 Å². The summed E-state index contributed by atoms with van der Waals surface area (Å²) in [6.07, 6.45) is 0. The van der Waals surface area contributed by atoms with Crippen LogP contribution in [0.25, 0.3) is 0 Å². The van der Waals surface area contributed by atoms with Gasteiger partial charge in [-0.05, 0) is 36.2 Å². The Kier molecular flexibility index (Phi) is 5.89. The zero-order chi connectivity index (χ0) is 19.7. The summed E-state index contributed by atoms with van der Waals surface area (Å²) in [5.74, 6) is 0. The van der Waals surface area contributed by atoms with Gasteiger partial charge in [0.15, 0.2) is 0 Å². The SMILES string of the molecule is Cc1cc(S(N)(=O)=O)sc1S(=O)(=O)Nc1ccc(CN2CCOCC2)cc1. The number of hydrogen-bond acceptors (Lipinski definition) is 7. The molecule has 27 heavy (non-hydrogen) atoms. The fraction of sp³-hybridized carbons (Fsp3) is 0.375. The minimum absolute atomic E-state index is 0.0658. The molecule has 0 saturated carbocycles. The zero-order valence-electron chi connectivity index (χ0n) is 14.7. The molecule has 0 amide bonds. The van der Waals surface area contributed by atoms with Crippen molar-refractivity contribution in [3.05, 3.63) is 41.5 Å². The quantitative estimate of drug-likeness (QED) is 0.712. The van der Waals surface area contributed by atoms with E-state index in [4.69, 9.17) is 9.88 Å². The van der Waals surface area contributed by atoms with Crippen LogP contribution in [0.3, 0.4) is 0 Å². The molecule has 1 fully saturated rings. The molecular weight excluding hydrogens is 410 g/mol. The summed E-state index contributed by atoms with van der Waals surface area (Å²) < 4.78 is 55.7. The van der Waals surface area contributed by atoms with Crippen molar-refractivity contribution in [1.29, 1.82) is 0 Å². The van der Waals surface area contributed by atoms with Crippen molar-refractivity contribution in [2.45, 2.75) is 21.9 Å². The van der Waals surface area contributed by atoms with Gasteiger partial charge in [-0.15, -0.1) is 11.3 Å². The minimum Gasteiger partial charge on any atom is -0.379 e. The molecule has 3 N–H and O–H groups in total. The Balaban J connectivity index is 1.73. The summed E-state index contributed by atoms with van der Waals surface area (Å²) in [4.78, 5) is 2.27. The van der Waals surface area contributed by atoms with Crippen LogP contribution in [0.15, 0.2) is 38.8 Å². The van der Waals surface area contributed by atoms with E-state index in [-0.39, 0.29) is 8.42 Å². The van der Waals surface area contributed by atoms with Crippen molar-refractivity contribution in [3.63, 3.8) is 0 Å². The second kappa shape index (κ2) is 7.86. The van der Waals surface area contributed by atoms with Gasteiger partial charge < -0.3 is 4.74 Å². The topological polar surface area (TPSA) is 119 Å². The molecule has 0 bridgehead atoms. The van der Waals surface area contributed by atoms with E-state index >= 15 is 0 Å². The van der Waals surface area contributed by atoms with Crippen LogP contribution >= 0.6 is 11.3 Å². The first-order valence-corrected chi connectivity index (χ1v) is 12.0. The van der Waals surface area contributed by atoms with Crippen LogP contribution in [0.4, 0.5) is 5.69 Å². The van der Waals surface area contributed by atoms with Crippen LogP contribution in [-0.4, -0.2) is 48.0 Å². The summed E-state index contributed by atoms with van der Waals surface area (Å²) in [6, 6.07) is 8.38. The largest absolute Gasteiger partial charge is 0.379 e. The molecule has 1 aliphatic rings. The van der Waals surface area contributed by atoms with Crippen LogP contribution in [0.2, 0.25) is 0 Å². The van der Waals surface area contributed by atoms with Crippen LogP contribution < -0.4 is 9.86 Å². The summed E-state index contributed by atoms with van der Waals surface area (Å²) in [5, 5.41) is 5.08. The van der Waals surface area contributed by atoms with Crippen molar-refractivity contribution < 1.29 is 21.6 Å². The van der Waals surface area contributed by atoms with Crippen molar-refractivity contribution in [3.8, 4) is 0 Å². The Morgan fingerprint density at radius 3 is 2.33 bits per heavy atom. The zero-order valence-corrected chi connectivity index (χ0v) is 17.2. The van der Waals surface area contributed by atoms with Gasteiger partial charge in [-0.1, -0.05) is 12.1 Å². The number of thiophene rings is 1. The predicted molar refractivity (Wildman–Crippen MR) is 104 cm³/mol. The van der Waals surface area contributed by atoms with Gasteiger partial charge in [-0.25, -0.2) is 22.0 Å². The van der Waals surface area contributed by atoms with Crippen LogP contribution in [0.1, 0.15) is 11.1 Å². The number of morpholine rings is 1. The normalized spacial score (nSPS) is 16.4. The molecular formula is C16H21N3O5S3. The molecule has 1 aliphatic heterocycles. The van der Waals surface area contributed by atoms with Crippen molar-refractivity contribution in [1.82, 2.24) is 4.90 Å². The Morgan fingerprint density at radius 2 is 1.78 bits per heavy atom. The lowest BCUT2D eigenvalue weighted by atomic mass is 10.2. The molecule has 0 spiro atoms. The lowest BCUT2D eigenvalue weighted by Crippen LogP contribution is -2.35. The maximum Gasteiger partial charge on any atom is 0.271 e. The third kappa shape index (κ3) is 5.06. The summed E-state index contributed by atoms with van der Waals surface area (Å²) in [5.41, 5.74) is 1.81. The first kappa shape index (κ1) is 20.2. The van der Waals surface area contributed by atoms with Crippen LogP contribution in [0.5, 0.6) is 0 Å². The second-order valence-corrected chi connectivity index (χ2v) is 11.0. The molecule has 0 unspecified atom stereocenters. The standard InChI is InChI=1S/C16H21N3O5S3/c1-12-10-15(26(17,20)21)25-16(12)27(22,23)18-14-4-2-13(3-5-14)11-19-6-8-24-9-7-19/h2-5,10,18H,6-9,11H2,1H3,(H2,17,20,21). The number of nitrogens with two attached hydrogens (primary N) is 1. The van der Waals surface area contributed by atoms with Gasteiger partial charge in [0.1, 0.15) is 8.42 Å². The van der Waals surface area contributed by atoms with Gasteiger partial charge in [0, 0.05) is 25.3 Å². The van der Waals surface area contributed by atoms with E-state index in [1.807, 2.05) is 12.1 Å². The lowest BCUT2D eigenvalue weighted by Gasteiger charge is -2.26. The average molecular weight is 432 g/mol. The lowest BCUT2D eigenvalue weighted by molar-refractivity contribution is 0.0342. The van der Waals surface area contributed by atoms with Gasteiger partial charge in [-0.2, -0.15) is 0 Å². The van der Waals surface area contributed by atoms with Crippen LogP contribution in [0, 0.1) is 6.92 Å². The van der Waals surface area contributed by atoms with Crippen molar-refractivity contribution in [2.24, 2.45) is 5.14 Å². The Labute approximate surface area is 163 Å². The number of sulfonamides is 2. The molecule has 0 atom stereocenters. The number of primary sulfonamides is 1. The van der Waals surface area contributed by atoms with Crippen LogP contribution in [-0.2, 0) is 31.3 Å². The highest BCUT2D eigenvalue weighted by atomic mass is 32.3. The highest BCUT2D eigenvalue weighted by molar-refractivity contribution is 7.96. The van der Waals surface area contributed by atoms with Gasteiger partial charge in [-0.3, -0.25) is 9.62 Å². The molecule has 11 heteroatoms. The van der Waals surface area contributed by atoms with E-state index in [1.165, 1.54) is 13.0 Å². The molecule has 1 aromatic heterocycles. The highest BCUT2D eigenvalue weighted by Gasteiger charge is 2.24. The van der Waals surface area contributed by atoms with E-state index < -0.39 is 20.0 Å². The fourth-order valence-electron chi connectivity index (χ4n) is 2.74.